The topological polar surface area (TPSA) is 138 Å². The fourth-order valence-corrected chi connectivity index (χ4v) is 4.04. The van der Waals surface area contributed by atoms with Crippen LogP contribution in [0.2, 0.25) is 0 Å². The SMILES string of the molecule is Nc1ccc(S(=O)(=O)c2ccc(N)cc2-c2cccc(N)c2N)cc1. The van der Waals surface area contributed by atoms with Gasteiger partial charge in [0, 0.05) is 22.5 Å². The average Bonchev–Trinajstić information content (AvgIpc) is 2.57. The zero-order valence-electron chi connectivity index (χ0n) is 13.3. The van der Waals surface area contributed by atoms with Crippen molar-refractivity contribution < 1.29 is 8.42 Å². The molecular weight excluding hydrogens is 336 g/mol. The summed E-state index contributed by atoms with van der Waals surface area (Å²) in [5.74, 6) is 0. The first-order valence-corrected chi connectivity index (χ1v) is 8.93. The number of nitrogen functional groups attached to an aromatic ring is 4. The molecule has 0 heterocycles. The summed E-state index contributed by atoms with van der Waals surface area (Å²) in [5, 5.41) is 0. The fourth-order valence-electron chi connectivity index (χ4n) is 2.58. The van der Waals surface area contributed by atoms with Gasteiger partial charge in [0.15, 0.2) is 0 Å². The summed E-state index contributed by atoms with van der Waals surface area (Å²) in [6.45, 7) is 0. The zero-order chi connectivity index (χ0) is 18.2. The molecule has 6 nitrogen and oxygen atoms in total. The molecule has 0 saturated carbocycles. The van der Waals surface area contributed by atoms with Crippen molar-refractivity contribution in [1.82, 2.24) is 0 Å². The van der Waals surface area contributed by atoms with Crippen molar-refractivity contribution in [2.75, 3.05) is 22.9 Å². The van der Waals surface area contributed by atoms with E-state index in [2.05, 4.69) is 0 Å². The fraction of sp³-hybridized carbons (Fsp3) is 0. The summed E-state index contributed by atoms with van der Waals surface area (Å²) in [4.78, 5) is 0.235. The maximum absolute atomic E-state index is 13.1. The van der Waals surface area contributed by atoms with Crippen molar-refractivity contribution >= 4 is 32.6 Å². The van der Waals surface area contributed by atoms with E-state index in [-0.39, 0.29) is 9.79 Å². The van der Waals surface area contributed by atoms with Gasteiger partial charge >= 0.3 is 0 Å². The van der Waals surface area contributed by atoms with Crippen LogP contribution in [0, 0.1) is 0 Å². The van der Waals surface area contributed by atoms with Crippen LogP contribution in [-0.4, -0.2) is 8.42 Å². The Balaban J connectivity index is 2.28. The lowest BCUT2D eigenvalue weighted by Gasteiger charge is -2.14. The largest absolute Gasteiger partial charge is 0.399 e. The average molecular weight is 354 g/mol. The second kappa shape index (κ2) is 6.03. The number of hydrogen-bond acceptors (Lipinski definition) is 6. The first-order valence-electron chi connectivity index (χ1n) is 7.45. The van der Waals surface area contributed by atoms with Gasteiger partial charge in [-0.1, -0.05) is 12.1 Å². The number of benzene rings is 3. The highest BCUT2D eigenvalue weighted by atomic mass is 32.2. The van der Waals surface area contributed by atoms with Gasteiger partial charge in [0.1, 0.15) is 0 Å². The Bertz CT molecular complexity index is 1050. The van der Waals surface area contributed by atoms with E-state index in [1.807, 2.05) is 0 Å². The molecule has 8 N–H and O–H groups in total. The number of para-hydroxylation sites is 1. The second-order valence-electron chi connectivity index (χ2n) is 5.64. The molecule has 0 fully saturated rings. The summed E-state index contributed by atoms with van der Waals surface area (Å²) >= 11 is 0. The minimum absolute atomic E-state index is 0.101. The van der Waals surface area contributed by atoms with Crippen molar-refractivity contribution in [2.24, 2.45) is 0 Å². The lowest BCUT2D eigenvalue weighted by molar-refractivity contribution is 0.596. The van der Waals surface area contributed by atoms with Crippen molar-refractivity contribution in [3.63, 3.8) is 0 Å². The minimum atomic E-state index is -3.79. The van der Waals surface area contributed by atoms with Gasteiger partial charge in [-0.3, -0.25) is 0 Å². The van der Waals surface area contributed by atoms with Gasteiger partial charge in [-0.25, -0.2) is 8.42 Å². The van der Waals surface area contributed by atoms with Crippen LogP contribution in [0.1, 0.15) is 0 Å². The highest BCUT2D eigenvalue weighted by Gasteiger charge is 2.23. The van der Waals surface area contributed by atoms with Crippen LogP contribution < -0.4 is 22.9 Å². The number of anilines is 4. The maximum Gasteiger partial charge on any atom is 0.207 e. The summed E-state index contributed by atoms with van der Waals surface area (Å²) in [6.07, 6.45) is 0. The molecule has 25 heavy (non-hydrogen) atoms. The quantitative estimate of drug-likeness (QED) is 0.533. The van der Waals surface area contributed by atoms with Crippen LogP contribution in [0.3, 0.4) is 0 Å². The molecule has 3 aromatic rings. The van der Waals surface area contributed by atoms with Crippen LogP contribution in [0.5, 0.6) is 0 Å². The molecule has 0 amide bonds. The number of sulfone groups is 1. The van der Waals surface area contributed by atoms with E-state index in [0.29, 0.717) is 33.9 Å². The van der Waals surface area contributed by atoms with Crippen LogP contribution >= 0.6 is 0 Å². The Morgan fingerprint density at radius 1 is 0.680 bits per heavy atom. The third-order valence-electron chi connectivity index (χ3n) is 3.91. The number of nitrogens with two attached hydrogens (primary N) is 4. The maximum atomic E-state index is 13.1. The Morgan fingerprint density at radius 2 is 1.32 bits per heavy atom. The van der Waals surface area contributed by atoms with Crippen molar-refractivity contribution in [1.29, 1.82) is 0 Å². The number of hydrogen-bond donors (Lipinski definition) is 4. The van der Waals surface area contributed by atoms with Crippen LogP contribution in [0.25, 0.3) is 11.1 Å². The molecule has 0 spiro atoms. The third-order valence-corrected chi connectivity index (χ3v) is 5.74. The Morgan fingerprint density at radius 3 is 2.00 bits per heavy atom. The molecule has 3 aromatic carbocycles. The normalized spacial score (nSPS) is 11.4. The van der Waals surface area contributed by atoms with E-state index in [0.717, 1.165) is 0 Å². The molecular formula is C18H18N4O2S. The van der Waals surface area contributed by atoms with E-state index >= 15 is 0 Å². The lowest BCUT2D eigenvalue weighted by atomic mass is 10.0. The summed E-state index contributed by atoms with van der Waals surface area (Å²) in [6, 6.07) is 15.7. The van der Waals surface area contributed by atoms with Gasteiger partial charge in [-0.2, -0.15) is 0 Å². The zero-order valence-corrected chi connectivity index (χ0v) is 14.1. The van der Waals surface area contributed by atoms with Crippen LogP contribution in [0.4, 0.5) is 22.7 Å². The highest BCUT2D eigenvalue weighted by molar-refractivity contribution is 7.91. The lowest BCUT2D eigenvalue weighted by Crippen LogP contribution is -2.06. The molecule has 0 aliphatic carbocycles. The summed E-state index contributed by atoms with van der Waals surface area (Å²) in [5.41, 5.74) is 25.9. The first kappa shape index (κ1) is 16.7. The minimum Gasteiger partial charge on any atom is -0.399 e. The molecule has 3 rings (SSSR count). The molecule has 128 valence electrons. The highest BCUT2D eigenvalue weighted by Crippen LogP contribution is 2.37. The molecule has 0 aliphatic heterocycles. The summed E-state index contributed by atoms with van der Waals surface area (Å²) in [7, 11) is -3.79. The molecule has 0 unspecified atom stereocenters. The van der Waals surface area contributed by atoms with E-state index < -0.39 is 9.84 Å². The second-order valence-corrected chi connectivity index (χ2v) is 7.55. The van der Waals surface area contributed by atoms with E-state index in [1.165, 1.54) is 24.3 Å². The predicted molar refractivity (Wildman–Crippen MR) is 101 cm³/mol. The van der Waals surface area contributed by atoms with Crippen LogP contribution in [0.15, 0.2) is 70.5 Å². The molecule has 0 aliphatic rings. The van der Waals surface area contributed by atoms with Gasteiger partial charge in [0.25, 0.3) is 0 Å². The molecule has 7 heteroatoms. The monoisotopic (exact) mass is 354 g/mol. The van der Waals surface area contributed by atoms with Gasteiger partial charge in [-0.15, -0.1) is 0 Å². The van der Waals surface area contributed by atoms with Crippen molar-refractivity contribution in [3.05, 3.63) is 60.7 Å². The smallest absolute Gasteiger partial charge is 0.207 e. The van der Waals surface area contributed by atoms with E-state index in [9.17, 15) is 8.42 Å². The Hall–Kier alpha value is -3.19. The predicted octanol–water partition coefficient (Wildman–Crippen LogP) is 2.52. The van der Waals surface area contributed by atoms with E-state index in [1.54, 1.807) is 36.4 Å². The van der Waals surface area contributed by atoms with Gasteiger partial charge < -0.3 is 22.9 Å². The summed E-state index contributed by atoms with van der Waals surface area (Å²) < 4.78 is 26.2. The molecule has 0 atom stereocenters. The van der Waals surface area contributed by atoms with Gasteiger partial charge in [0.05, 0.1) is 21.2 Å². The third kappa shape index (κ3) is 2.97. The number of rotatable bonds is 3. The first-order chi connectivity index (χ1) is 11.8. The molecule has 0 aromatic heterocycles. The van der Waals surface area contributed by atoms with Crippen LogP contribution in [-0.2, 0) is 9.84 Å². The van der Waals surface area contributed by atoms with Crippen molar-refractivity contribution in [2.45, 2.75) is 9.79 Å². The Kier molecular flexibility index (Phi) is 4.02. The molecule has 0 radical (unpaired) electrons. The van der Waals surface area contributed by atoms with Gasteiger partial charge in [-0.05, 0) is 48.5 Å². The van der Waals surface area contributed by atoms with Crippen molar-refractivity contribution in [3.8, 4) is 11.1 Å². The molecule has 0 bridgehead atoms. The molecule has 0 saturated heterocycles. The van der Waals surface area contributed by atoms with Gasteiger partial charge in [0.2, 0.25) is 9.84 Å². The van der Waals surface area contributed by atoms with E-state index in [4.69, 9.17) is 22.9 Å². The Labute approximate surface area is 146 Å². The standard InChI is InChI=1S/C18H18N4O2S/c19-11-4-7-13(8-5-11)25(23,24)17-9-6-12(20)10-15(17)14-2-1-3-16(21)18(14)22/h1-10H,19-22H2.